The quantitative estimate of drug-likeness (QED) is 0.467. The molecule has 0 spiro atoms. The van der Waals surface area contributed by atoms with E-state index in [2.05, 4.69) is 17.6 Å². The first-order valence-electron chi connectivity index (χ1n) is 6.32. The third-order valence-electron chi connectivity index (χ3n) is 2.60. The minimum Gasteiger partial charge on any atom is -0.383 e. The Labute approximate surface area is 109 Å². The van der Waals surface area contributed by atoms with Gasteiger partial charge in [-0.05, 0) is 25.3 Å². The summed E-state index contributed by atoms with van der Waals surface area (Å²) in [7, 11) is 1.57. The van der Waals surface area contributed by atoms with Gasteiger partial charge >= 0.3 is 0 Å². The lowest BCUT2D eigenvalue weighted by Crippen LogP contribution is -2.38. The van der Waals surface area contributed by atoms with Crippen LogP contribution in [0.2, 0.25) is 0 Å². The second kappa shape index (κ2) is 11.0. The van der Waals surface area contributed by atoms with E-state index >= 15 is 0 Å². The van der Waals surface area contributed by atoms with E-state index in [1.54, 1.807) is 7.11 Å². The van der Waals surface area contributed by atoms with Gasteiger partial charge in [0.15, 0.2) is 0 Å². The Morgan fingerprint density at radius 2 is 1.94 bits per heavy atom. The third kappa shape index (κ3) is 10.0. The number of nitrogens with one attached hydrogen (secondary N) is 2. The minimum atomic E-state index is -0.199. The van der Waals surface area contributed by atoms with Crippen LogP contribution >= 0.6 is 0 Å². The van der Waals surface area contributed by atoms with Crippen molar-refractivity contribution >= 4 is 11.8 Å². The first kappa shape index (κ1) is 16.9. The number of nitrogens with two attached hydrogens (primary N) is 1. The van der Waals surface area contributed by atoms with Crippen molar-refractivity contribution in [2.75, 3.05) is 33.4 Å². The van der Waals surface area contributed by atoms with Gasteiger partial charge in [0.05, 0.1) is 13.2 Å². The summed E-state index contributed by atoms with van der Waals surface area (Å²) in [6.07, 6.45) is 2.16. The molecular formula is C12H25N3O3. The lowest BCUT2D eigenvalue weighted by Gasteiger charge is -2.10. The van der Waals surface area contributed by atoms with Gasteiger partial charge in [-0.25, -0.2) is 0 Å². The number of amides is 2. The molecule has 0 aliphatic heterocycles. The van der Waals surface area contributed by atoms with Crippen molar-refractivity contribution in [3.8, 4) is 0 Å². The van der Waals surface area contributed by atoms with Crippen molar-refractivity contribution in [2.45, 2.75) is 26.2 Å². The normalized spacial score (nSPS) is 11.9. The fraction of sp³-hybridized carbons (Fsp3) is 0.833. The lowest BCUT2D eigenvalue weighted by molar-refractivity contribution is -0.126. The molecule has 0 aliphatic rings. The molecule has 0 aliphatic carbocycles. The van der Waals surface area contributed by atoms with E-state index in [1.807, 2.05) is 0 Å². The Morgan fingerprint density at radius 3 is 2.56 bits per heavy atom. The van der Waals surface area contributed by atoms with E-state index in [9.17, 15) is 9.59 Å². The molecule has 0 bridgehead atoms. The molecule has 4 N–H and O–H groups in total. The number of carbonyl (C=O) groups is 2. The molecule has 0 fully saturated rings. The Bertz CT molecular complexity index is 247. The molecule has 6 nitrogen and oxygen atoms in total. The highest BCUT2D eigenvalue weighted by Gasteiger charge is 2.07. The fourth-order valence-electron chi connectivity index (χ4n) is 1.43. The maximum atomic E-state index is 11.4. The van der Waals surface area contributed by atoms with Crippen molar-refractivity contribution in [3.05, 3.63) is 0 Å². The summed E-state index contributed by atoms with van der Waals surface area (Å²) in [5.41, 5.74) is 5.43. The molecule has 1 unspecified atom stereocenters. The van der Waals surface area contributed by atoms with Crippen LogP contribution in [0.25, 0.3) is 0 Å². The van der Waals surface area contributed by atoms with Crippen LogP contribution in [-0.4, -0.2) is 45.2 Å². The first-order chi connectivity index (χ1) is 8.60. The first-order valence-corrected chi connectivity index (χ1v) is 6.32. The molecule has 2 amide bonds. The fourth-order valence-corrected chi connectivity index (χ4v) is 1.43. The number of methoxy groups -OCH3 is 1. The summed E-state index contributed by atoms with van der Waals surface area (Å²) < 4.78 is 4.79. The zero-order valence-corrected chi connectivity index (χ0v) is 11.3. The molecule has 0 aromatic rings. The molecule has 0 heterocycles. The van der Waals surface area contributed by atoms with E-state index in [4.69, 9.17) is 10.5 Å². The monoisotopic (exact) mass is 259 g/mol. The van der Waals surface area contributed by atoms with Crippen molar-refractivity contribution in [3.63, 3.8) is 0 Å². The van der Waals surface area contributed by atoms with Crippen LogP contribution in [0, 0.1) is 5.92 Å². The molecule has 0 rings (SSSR count). The number of hydrogen-bond donors (Lipinski definition) is 3. The molecule has 106 valence electrons. The van der Waals surface area contributed by atoms with Crippen LogP contribution in [0.5, 0.6) is 0 Å². The van der Waals surface area contributed by atoms with Gasteiger partial charge in [0.1, 0.15) is 0 Å². The van der Waals surface area contributed by atoms with Crippen LogP contribution in [0.3, 0.4) is 0 Å². The number of ether oxygens (including phenoxy) is 1. The van der Waals surface area contributed by atoms with E-state index in [0.29, 0.717) is 32.0 Å². The second-order valence-electron chi connectivity index (χ2n) is 4.34. The van der Waals surface area contributed by atoms with Crippen LogP contribution in [0.15, 0.2) is 0 Å². The predicted octanol–water partition coefficient (Wildman–Crippen LogP) is -0.370. The van der Waals surface area contributed by atoms with Gasteiger partial charge in [-0.2, -0.15) is 0 Å². The summed E-state index contributed by atoms with van der Waals surface area (Å²) >= 11 is 0. The van der Waals surface area contributed by atoms with Gasteiger partial charge in [-0.3, -0.25) is 9.59 Å². The minimum absolute atomic E-state index is 0.0216. The van der Waals surface area contributed by atoms with Crippen LogP contribution in [-0.2, 0) is 14.3 Å². The van der Waals surface area contributed by atoms with E-state index in [0.717, 1.165) is 12.8 Å². The van der Waals surface area contributed by atoms with E-state index in [1.165, 1.54) is 0 Å². The highest BCUT2D eigenvalue weighted by atomic mass is 16.5. The molecule has 0 saturated carbocycles. The lowest BCUT2D eigenvalue weighted by atomic mass is 10.0. The average molecular weight is 259 g/mol. The van der Waals surface area contributed by atoms with Gasteiger partial charge in [-0.15, -0.1) is 0 Å². The van der Waals surface area contributed by atoms with Gasteiger partial charge in [0.25, 0.3) is 0 Å². The van der Waals surface area contributed by atoms with Crippen LogP contribution in [0.4, 0.5) is 0 Å². The molecule has 18 heavy (non-hydrogen) atoms. The molecule has 0 saturated heterocycles. The third-order valence-corrected chi connectivity index (χ3v) is 2.60. The molecule has 0 radical (unpaired) electrons. The highest BCUT2D eigenvalue weighted by molar-refractivity contribution is 5.84. The highest BCUT2D eigenvalue weighted by Crippen LogP contribution is 2.08. The van der Waals surface area contributed by atoms with Crippen molar-refractivity contribution in [2.24, 2.45) is 11.7 Å². The largest absolute Gasteiger partial charge is 0.383 e. The molecule has 0 aromatic carbocycles. The standard InChI is InChI=1S/C12H25N3O3/c1-10(5-6-13)3-4-11(16)15-9-12(17)14-7-8-18-2/h10H,3-9,13H2,1-2H3,(H,14,17)(H,15,16). The van der Waals surface area contributed by atoms with Crippen LogP contribution < -0.4 is 16.4 Å². The molecule has 0 aromatic heterocycles. The average Bonchev–Trinajstić information content (AvgIpc) is 2.34. The number of carbonyl (C=O) groups excluding carboxylic acids is 2. The maximum absolute atomic E-state index is 11.4. The predicted molar refractivity (Wildman–Crippen MR) is 70.0 cm³/mol. The second-order valence-corrected chi connectivity index (χ2v) is 4.34. The Morgan fingerprint density at radius 1 is 1.22 bits per heavy atom. The van der Waals surface area contributed by atoms with Crippen molar-refractivity contribution in [1.82, 2.24) is 10.6 Å². The van der Waals surface area contributed by atoms with Gasteiger partial charge in [0.2, 0.25) is 11.8 Å². The van der Waals surface area contributed by atoms with Crippen molar-refractivity contribution < 1.29 is 14.3 Å². The van der Waals surface area contributed by atoms with Crippen LogP contribution in [0.1, 0.15) is 26.2 Å². The number of hydrogen-bond acceptors (Lipinski definition) is 4. The smallest absolute Gasteiger partial charge is 0.239 e. The van der Waals surface area contributed by atoms with Crippen molar-refractivity contribution in [1.29, 1.82) is 0 Å². The maximum Gasteiger partial charge on any atom is 0.239 e. The zero-order valence-electron chi connectivity index (χ0n) is 11.3. The SMILES string of the molecule is COCCNC(=O)CNC(=O)CCC(C)CCN. The molecular weight excluding hydrogens is 234 g/mol. The summed E-state index contributed by atoms with van der Waals surface area (Å²) in [5.74, 6) is 0.146. The molecule has 1 atom stereocenters. The van der Waals surface area contributed by atoms with Gasteiger partial charge in [0, 0.05) is 20.1 Å². The Kier molecular flexibility index (Phi) is 10.3. The van der Waals surface area contributed by atoms with Gasteiger partial charge < -0.3 is 21.1 Å². The molecule has 6 heteroatoms. The topological polar surface area (TPSA) is 93.5 Å². The summed E-state index contributed by atoms with van der Waals surface area (Å²) in [6, 6.07) is 0. The summed E-state index contributed by atoms with van der Waals surface area (Å²) in [6.45, 7) is 3.66. The van der Waals surface area contributed by atoms with E-state index < -0.39 is 0 Å². The number of rotatable bonds is 10. The Hall–Kier alpha value is -1.14. The van der Waals surface area contributed by atoms with E-state index in [-0.39, 0.29) is 18.4 Å². The summed E-state index contributed by atoms with van der Waals surface area (Å²) in [5, 5.41) is 5.21. The van der Waals surface area contributed by atoms with Gasteiger partial charge in [-0.1, -0.05) is 6.92 Å². The Balaban J connectivity index is 3.54. The zero-order chi connectivity index (χ0) is 13.8. The summed E-state index contributed by atoms with van der Waals surface area (Å²) in [4.78, 5) is 22.7.